The summed E-state index contributed by atoms with van der Waals surface area (Å²) in [6, 6.07) is 3.87. The summed E-state index contributed by atoms with van der Waals surface area (Å²) >= 11 is 0. The lowest BCUT2D eigenvalue weighted by Crippen LogP contribution is -2.02. The Morgan fingerprint density at radius 3 is 2.90 bits per heavy atom. The minimum absolute atomic E-state index is 0.670. The summed E-state index contributed by atoms with van der Waals surface area (Å²) in [7, 11) is 1.64. The highest BCUT2D eigenvalue weighted by atomic mass is 16.5. The van der Waals surface area contributed by atoms with Gasteiger partial charge in [-0.2, -0.15) is 0 Å². The molecule has 0 aliphatic carbocycles. The van der Waals surface area contributed by atoms with Crippen LogP contribution >= 0.6 is 0 Å². The zero-order valence-electron chi connectivity index (χ0n) is 6.05. The third-order valence-electron chi connectivity index (χ3n) is 1.35. The molecular formula is C7H12N2O. The highest BCUT2D eigenvalue weighted by Crippen LogP contribution is 2.08. The van der Waals surface area contributed by atoms with Crippen molar-refractivity contribution in [1.82, 2.24) is 4.98 Å². The molecule has 3 heteroatoms. The quantitative estimate of drug-likeness (QED) is 0.643. The van der Waals surface area contributed by atoms with Gasteiger partial charge in [-0.3, -0.25) is 0 Å². The average molecular weight is 140 g/mol. The summed E-state index contributed by atoms with van der Waals surface area (Å²) in [4.78, 5) is 3.06. The second-order valence-corrected chi connectivity index (χ2v) is 2.09. The highest BCUT2D eigenvalue weighted by Gasteiger charge is 1.94. The first-order chi connectivity index (χ1) is 4.86. The molecule has 0 fully saturated rings. The van der Waals surface area contributed by atoms with Crippen LogP contribution in [0.25, 0.3) is 0 Å². The molecule has 0 amide bonds. The molecule has 3 N–H and O–H groups in total. The third kappa shape index (κ3) is 1.51. The van der Waals surface area contributed by atoms with E-state index >= 15 is 0 Å². The van der Waals surface area contributed by atoms with Crippen LogP contribution < -0.4 is 10.5 Å². The van der Waals surface area contributed by atoms with Gasteiger partial charge in [0.2, 0.25) is 0 Å². The zero-order chi connectivity index (χ0) is 7.40. The lowest BCUT2D eigenvalue weighted by molar-refractivity contribution is 0.399. The van der Waals surface area contributed by atoms with Gasteiger partial charge in [0.15, 0.2) is 5.88 Å². The molecule has 1 aromatic heterocycles. The van der Waals surface area contributed by atoms with E-state index in [2.05, 4.69) is 4.98 Å². The van der Waals surface area contributed by atoms with E-state index in [0.717, 1.165) is 18.0 Å². The van der Waals surface area contributed by atoms with Crippen molar-refractivity contribution in [3.8, 4) is 5.88 Å². The first kappa shape index (κ1) is 7.15. The molecule has 56 valence electrons. The van der Waals surface area contributed by atoms with Gasteiger partial charge in [0.1, 0.15) is 0 Å². The number of ether oxygens (including phenoxy) is 1. The number of aromatic nitrogens is 1. The van der Waals surface area contributed by atoms with Crippen LogP contribution in [0.5, 0.6) is 5.88 Å². The molecule has 0 saturated heterocycles. The average Bonchev–Trinajstić information content (AvgIpc) is 2.37. The summed E-state index contributed by atoms with van der Waals surface area (Å²) in [6.07, 6.45) is 0.878. The van der Waals surface area contributed by atoms with Crippen LogP contribution in [-0.4, -0.2) is 18.6 Å². The first-order valence-electron chi connectivity index (χ1n) is 3.28. The number of methoxy groups -OCH3 is 1. The number of H-pyrrole nitrogens is 1. The van der Waals surface area contributed by atoms with E-state index in [9.17, 15) is 0 Å². The summed E-state index contributed by atoms with van der Waals surface area (Å²) in [5.74, 6) is 0.795. The van der Waals surface area contributed by atoms with Crippen molar-refractivity contribution < 1.29 is 4.74 Å². The molecule has 0 aliphatic rings. The maximum absolute atomic E-state index is 5.35. The van der Waals surface area contributed by atoms with Crippen LogP contribution in [0.15, 0.2) is 12.1 Å². The second-order valence-electron chi connectivity index (χ2n) is 2.09. The van der Waals surface area contributed by atoms with E-state index < -0.39 is 0 Å². The van der Waals surface area contributed by atoms with Gasteiger partial charge in [0.25, 0.3) is 0 Å². The molecular weight excluding hydrogens is 128 g/mol. The van der Waals surface area contributed by atoms with E-state index in [1.165, 1.54) is 0 Å². The van der Waals surface area contributed by atoms with Crippen molar-refractivity contribution >= 4 is 0 Å². The molecule has 0 saturated carbocycles. The van der Waals surface area contributed by atoms with E-state index in [1.807, 2.05) is 12.1 Å². The number of nitrogens with two attached hydrogens (primary N) is 1. The normalized spacial score (nSPS) is 9.80. The van der Waals surface area contributed by atoms with E-state index in [0.29, 0.717) is 6.54 Å². The SMILES string of the molecule is COc1ccc(CCN)[nH]1. The van der Waals surface area contributed by atoms with Gasteiger partial charge in [0, 0.05) is 5.69 Å². The Hall–Kier alpha value is -0.960. The Bertz CT molecular complexity index is 195. The highest BCUT2D eigenvalue weighted by molar-refractivity contribution is 5.17. The van der Waals surface area contributed by atoms with Crippen LogP contribution in [0.3, 0.4) is 0 Å². The molecule has 1 aromatic rings. The fourth-order valence-electron chi connectivity index (χ4n) is 0.838. The predicted octanol–water partition coefficient (Wildman–Crippen LogP) is 0.525. The first-order valence-corrected chi connectivity index (χ1v) is 3.28. The Kier molecular flexibility index (Phi) is 2.34. The predicted molar refractivity (Wildman–Crippen MR) is 40.1 cm³/mol. The minimum atomic E-state index is 0.670. The molecule has 10 heavy (non-hydrogen) atoms. The maximum Gasteiger partial charge on any atom is 0.190 e. The number of nitrogens with one attached hydrogen (secondary N) is 1. The van der Waals surface area contributed by atoms with Crippen LogP contribution in [0.1, 0.15) is 5.69 Å². The number of rotatable bonds is 3. The van der Waals surface area contributed by atoms with Crippen LogP contribution in [0.4, 0.5) is 0 Å². The Morgan fingerprint density at radius 1 is 1.60 bits per heavy atom. The topological polar surface area (TPSA) is 51.0 Å². The lowest BCUT2D eigenvalue weighted by Gasteiger charge is -1.93. The second kappa shape index (κ2) is 3.27. The van der Waals surface area contributed by atoms with Gasteiger partial charge < -0.3 is 15.5 Å². The smallest absolute Gasteiger partial charge is 0.190 e. The Balaban J connectivity index is 2.59. The molecule has 0 radical (unpaired) electrons. The molecule has 0 bridgehead atoms. The van der Waals surface area contributed by atoms with Gasteiger partial charge in [0.05, 0.1) is 7.11 Å². The van der Waals surface area contributed by atoms with Gasteiger partial charge in [-0.05, 0) is 25.1 Å². The molecule has 0 unspecified atom stereocenters. The van der Waals surface area contributed by atoms with Crippen LogP contribution in [0.2, 0.25) is 0 Å². The van der Waals surface area contributed by atoms with Crippen molar-refractivity contribution in [3.63, 3.8) is 0 Å². The summed E-state index contributed by atoms with van der Waals surface area (Å²) < 4.78 is 4.94. The largest absolute Gasteiger partial charge is 0.482 e. The molecule has 3 nitrogen and oxygen atoms in total. The van der Waals surface area contributed by atoms with E-state index in [1.54, 1.807) is 7.11 Å². The number of hydrogen-bond donors (Lipinski definition) is 2. The Labute approximate surface area is 60.2 Å². The maximum atomic E-state index is 5.35. The van der Waals surface area contributed by atoms with Crippen molar-refractivity contribution in [2.24, 2.45) is 5.73 Å². The molecule has 0 aromatic carbocycles. The van der Waals surface area contributed by atoms with E-state index in [-0.39, 0.29) is 0 Å². The monoisotopic (exact) mass is 140 g/mol. The molecule has 0 atom stereocenters. The van der Waals surface area contributed by atoms with Gasteiger partial charge in [-0.15, -0.1) is 0 Å². The summed E-state index contributed by atoms with van der Waals surface area (Å²) in [6.45, 7) is 0.670. The summed E-state index contributed by atoms with van der Waals surface area (Å²) in [5, 5.41) is 0. The van der Waals surface area contributed by atoms with Crippen molar-refractivity contribution in [2.75, 3.05) is 13.7 Å². The zero-order valence-corrected chi connectivity index (χ0v) is 6.05. The van der Waals surface area contributed by atoms with Gasteiger partial charge in [-0.1, -0.05) is 0 Å². The lowest BCUT2D eigenvalue weighted by atomic mass is 10.3. The fraction of sp³-hybridized carbons (Fsp3) is 0.429. The molecule has 0 spiro atoms. The van der Waals surface area contributed by atoms with Crippen molar-refractivity contribution in [3.05, 3.63) is 17.8 Å². The van der Waals surface area contributed by atoms with Gasteiger partial charge in [-0.25, -0.2) is 0 Å². The van der Waals surface area contributed by atoms with E-state index in [4.69, 9.17) is 10.5 Å². The van der Waals surface area contributed by atoms with Crippen molar-refractivity contribution in [2.45, 2.75) is 6.42 Å². The van der Waals surface area contributed by atoms with Crippen LogP contribution in [-0.2, 0) is 6.42 Å². The fourth-order valence-corrected chi connectivity index (χ4v) is 0.838. The standard InChI is InChI=1S/C7H12N2O/c1-10-7-3-2-6(9-7)4-5-8/h2-3,9H,4-5,8H2,1H3. The summed E-state index contributed by atoms with van der Waals surface area (Å²) in [5.41, 5.74) is 6.47. The third-order valence-corrected chi connectivity index (χ3v) is 1.35. The number of hydrogen-bond acceptors (Lipinski definition) is 2. The molecule has 0 aliphatic heterocycles. The Morgan fingerprint density at radius 2 is 2.40 bits per heavy atom. The van der Waals surface area contributed by atoms with Crippen LogP contribution in [0, 0.1) is 0 Å². The molecule has 1 rings (SSSR count). The number of aromatic amines is 1. The van der Waals surface area contributed by atoms with Crippen molar-refractivity contribution in [1.29, 1.82) is 0 Å². The molecule has 1 heterocycles. The minimum Gasteiger partial charge on any atom is -0.482 e. The van der Waals surface area contributed by atoms with Gasteiger partial charge >= 0.3 is 0 Å².